The largest absolute Gasteiger partial charge is 0.427 e. The van der Waals surface area contributed by atoms with E-state index in [2.05, 4.69) is 117 Å². The van der Waals surface area contributed by atoms with Crippen LogP contribution in [0.25, 0.3) is 0 Å². The third-order valence-electron chi connectivity index (χ3n) is 10.5. The zero-order valence-electron chi connectivity index (χ0n) is 29.8. The monoisotopic (exact) mass is 673 g/mol. The van der Waals surface area contributed by atoms with Gasteiger partial charge in [0.1, 0.15) is 12.3 Å². The van der Waals surface area contributed by atoms with Crippen molar-refractivity contribution in [3.8, 4) is 5.75 Å². The highest BCUT2D eigenvalue weighted by atomic mass is 35.5. The van der Waals surface area contributed by atoms with Crippen LogP contribution in [0.2, 0.25) is 0 Å². The molecular weight excluding hydrogens is 624 g/mol. The maximum absolute atomic E-state index is 12.4. The molecule has 49 heavy (non-hydrogen) atoms. The van der Waals surface area contributed by atoms with Crippen LogP contribution in [0.1, 0.15) is 90.7 Å². The van der Waals surface area contributed by atoms with Crippen molar-refractivity contribution in [2.45, 2.75) is 90.4 Å². The van der Waals surface area contributed by atoms with Crippen molar-refractivity contribution < 1.29 is 14.1 Å². The number of ether oxygens (including phenoxy) is 1. The minimum atomic E-state index is -0.170. The highest BCUT2D eigenvalue weighted by Crippen LogP contribution is 2.48. The normalized spacial score (nSPS) is 19.7. The number of hydrogen-bond acceptors (Lipinski definition) is 3. The number of benzene rings is 3. The van der Waals surface area contributed by atoms with Gasteiger partial charge in [-0.1, -0.05) is 92.2 Å². The molecule has 0 radical (unpaired) electrons. The van der Waals surface area contributed by atoms with Crippen LogP contribution < -0.4 is 9.64 Å². The van der Waals surface area contributed by atoms with Crippen molar-refractivity contribution in [1.82, 2.24) is 0 Å². The highest BCUT2D eigenvalue weighted by Gasteiger charge is 2.44. The van der Waals surface area contributed by atoms with E-state index >= 15 is 0 Å². The molecular formula is C44H50ClN2O2+. The number of unbranched alkanes of at least 4 members (excludes halogenated alkanes) is 2. The summed E-state index contributed by atoms with van der Waals surface area (Å²) in [5, 5.41) is 0.888. The number of esters is 1. The van der Waals surface area contributed by atoms with Crippen molar-refractivity contribution in [3.63, 3.8) is 0 Å². The lowest BCUT2D eigenvalue weighted by atomic mass is 9.81. The fourth-order valence-corrected chi connectivity index (χ4v) is 8.13. The number of halogens is 1. The summed E-state index contributed by atoms with van der Waals surface area (Å²) in [4.78, 5) is 14.8. The molecule has 0 fully saturated rings. The molecule has 0 atom stereocenters. The predicted molar refractivity (Wildman–Crippen MR) is 204 cm³/mol. The number of hydrogen-bond donors (Lipinski definition) is 0. The summed E-state index contributed by atoms with van der Waals surface area (Å²) in [7, 11) is 0. The Labute approximate surface area is 298 Å². The fourth-order valence-electron chi connectivity index (χ4n) is 7.82. The zero-order chi connectivity index (χ0) is 34.6. The first-order valence-electron chi connectivity index (χ1n) is 18.0. The van der Waals surface area contributed by atoms with Crippen LogP contribution in [0.4, 0.5) is 11.4 Å². The van der Waals surface area contributed by atoms with E-state index in [1.807, 2.05) is 30.3 Å². The van der Waals surface area contributed by atoms with Crippen LogP contribution in [0.15, 0.2) is 125 Å². The average molecular weight is 674 g/mol. The van der Waals surface area contributed by atoms with E-state index in [1.165, 1.54) is 45.1 Å². The molecule has 2 aliphatic heterocycles. The van der Waals surface area contributed by atoms with Gasteiger partial charge in [0.05, 0.1) is 5.41 Å². The van der Waals surface area contributed by atoms with E-state index < -0.39 is 0 Å². The van der Waals surface area contributed by atoms with Gasteiger partial charge in [0, 0.05) is 58.9 Å². The van der Waals surface area contributed by atoms with Gasteiger partial charge in [-0.15, -0.1) is 0 Å². The van der Waals surface area contributed by atoms with E-state index in [1.54, 1.807) is 0 Å². The van der Waals surface area contributed by atoms with Gasteiger partial charge in [0.2, 0.25) is 5.69 Å². The number of nitrogens with zero attached hydrogens (tertiary/aromatic N) is 2. The van der Waals surface area contributed by atoms with Crippen molar-refractivity contribution in [2.75, 3.05) is 18.0 Å². The lowest BCUT2D eigenvalue weighted by Crippen LogP contribution is -2.28. The van der Waals surface area contributed by atoms with E-state index in [9.17, 15) is 4.79 Å². The molecule has 6 rings (SSSR count). The van der Waals surface area contributed by atoms with Crippen molar-refractivity contribution >= 4 is 34.7 Å². The maximum Gasteiger partial charge on any atom is 0.311 e. The van der Waals surface area contributed by atoms with Gasteiger partial charge >= 0.3 is 5.97 Å². The number of carbonyl (C=O) groups excluding carboxylic acids is 1. The molecule has 3 aromatic carbocycles. The summed E-state index contributed by atoms with van der Waals surface area (Å²) >= 11 is 7.20. The van der Waals surface area contributed by atoms with Gasteiger partial charge in [-0.25, -0.2) is 0 Å². The van der Waals surface area contributed by atoms with E-state index in [0.29, 0.717) is 12.2 Å². The molecule has 254 valence electrons. The quantitative estimate of drug-likeness (QED) is 0.0879. The standard InChI is InChI=1S/C44H50ClN2O2/c1-6-46-37-24-14-12-22-35(37)43(2,3)39(46)29-27-32-18-17-19-33(42(32)45)28-30-40-44(4,5)36-23-13-15-25-38(36)47(40)31-16-8-11-26-41(48)49-34-20-9-7-10-21-34/h7,9-10,12-15,20-25,27-30H,6,8,11,16-19,26,31H2,1-5H3/q+1. The van der Waals surface area contributed by atoms with Crippen LogP contribution in [-0.2, 0) is 15.6 Å². The van der Waals surface area contributed by atoms with Gasteiger partial charge in [0.25, 0.3) is 0 Å². The average Bonchev–Trinajstić information content (AvgIpc) is 3.45. The second-order valence-corrected chi connectivity index (χ2v) is 14.8. The molecule has 0 spiro atoms. The Hall–Kier alpha value is -4.15. The Kier molecular flexibility index (Phi) is 10.5. The van der Waals surface area contributed by atoms with Gasteiger partial charge in [0.15, 0.2) is 5.71 Å². The summed E-state index contributed by atoms with van der Waals surface area (Å²) in [5.41, 5.74) is 10.1. The Morgan fingerprint density at radius 1 is 0.837 bits per heavy atom. The second-order valence-electron chi connectivity index (χ2n) is 14.4. The smallest absolute Gasteiger partial charge is 0.311 e. The Bertz CT molecular complexity index is 1860. The summed E-state index contributed by atoms with van der Waals surface area (Å²) in [5.74, 6) is 0.435. The van der Waals surface area contributed by atoms with Crippen LogP contribution in [0.5, 0.6) is 5.75 Å². The zero-order valence-corrected chi connectivity index (χ0v) is 30.5. The number of anilines is 1. The third kappa shape index (κ3) is 7.12. The molecule has 0 saturated heterocycles. The van der Waals surface area contributed by atoms with Crippen LogP contribution in [0.3, 0.4) is 0 Å². The van der Waals surface area contributed by atoms with Crippen molar-refractivity contribution in [1.29, 1.82) is 0 Å². The molecule has 0 aromatic heterocycles. The third-order valence-corrected chi connectivity index (χ3v) is 11.0. The van der Waals surface area contributed by atoms with Crippen LogP contribution >= 0.6 is 11.6 Å². The van der Waals surface area contributed by atoms with Gasteiger partial charge in [-0.05, 0) is 93.9 Å². The number of likely N-dealkylation sites (N-methyl/N-ethyl adjacent to an activating group) is 1. The Morgan fingerprint density at radius 2 is 1.55 bits per heavy atom. The molecule has 3 aliphatic rings. The molecule has 0 amide bonds. The first kappa shape index (κ1) is 34.7. The minimum Gasteiger partial charge on any atom is -0.427 e. The predicted octanol–water partition coefficient (Wildman–Crippen LogP) is 11.1. The number of rotatable bonds is 11. The van der Waals surface area contributed by atoms with E-state index in [-0.39, 0.29) is 16.8 Å². The number of fused-ring (bicyclic) bond motifs is 2. The molecule has 2 heterocycles. The molecule has 0 bridgehead atoms. The lowest BCUT2D eigenvalue weighted by molar-refractivity contribution is -0.438. The minimum absolute atomic E-state index is 0.0636. The van der Waals surface area contributed by atoms with Crippen LogP contribution in [-0.4, -0.2) is 29.3 Å². The SMILES string of the molecule is CCN1C(=CC=C2CCCC(C=CC3=[N+](CCCCCC(=O)Oc4ccccc4)c4ccccc4C3(C)C)=C2Cl)C(C)(C)c2ccccc21. The summed E-state index contributed by atoms with van der Waals surface area (Å²) in [6.45, 7) is 13.3. The van der Waals surface area contributed by atoms with Gasteiger partial charge < -0.3 is 9.64 Å². The van der Waals surface area contributed by atoms with Gasteiger partial charge in [-0.3, -0.25) is 4.79 Å². The van der Waals surface area contributed by atoms with Crippen molar-refractivity contribution in [3.05, 3.63) is 136 Å². The van der Waals surface area contributed by atoms with E-state index in [0.717, 1.165) is 56.6 Å². The molecule has 0 unspecified atom stereocenters. The van der Waals surface area contributed by atoms with E-state index in [4.69, 9.17) is 16.3 Å². The number of para-hydroxylation sites is 3. The molecule has 1 aliphatic carbocycles. The molecule has 0 N–H and O–H groups in total. The summed E-state index contributed by atoms with van der Waals surface area (Å²) in [6.07, 6.45) is 15.4. The summed E-state index contributed by atoms with van der Waals surface area (Å²) < 4.78 is 7.96. The van der Waals surface area contributed by atoms with Crippen LogP contribution in [0, 0.1) is 0 Å². The molecule has 0 saturated carbocycles. The lowest BCUT2D eigenvalue weighted by Gasteiger charge is -2.26. The first-order valence-corrected chi connectivity index (χ1v) is 18.4. The Morgan fingerprint density at radius 3 is 2.33 bits per heavy atom. The molecule has 4 nitrogen and oxygen atoms in total. The van der Waals surface area contributed by atoms with Crippen molar-refractivity contribution in [2.24, 2.45) is 0 Å². The molecule has 5 heteroatoms. The number of carbonyl (C=O) groups is 1. The fraction of sp³-hybridized carbons (Fsp3) is 0.364. The maximum atomic E-state index is 12.4. The molecule has 3 aromatic rings. The second kappa shape index (κ2) is 14.8. The number of allylic oxidation sites excluding steroid dienone is 8. The summed E-state index contributed by atoms with van der Waals surface area (Å²) in [6, 6.07) is 26.8. The van der Waals surface area contributed by atoms with Gasteiger partial charge in [-0.2, -0.15) is 4.58 Å². The first-order chi connectivity index (χ1) is 23.6. The topological polar surface area (TPSA) is 32.5 Å². The highest BCUT2D eigenvalue weighted by molar-refractivity contribution is 6.32. The Balaban J connectivity index is 1.20.